The van der Waals surface area contributed by atoms with Crippen LogP contribution in [0.15, 0.2) is 27.8 Å². The number of nitrogens with zero attached hydrogens (tertiary/aromatic N) is 2. The standard InChI is InChI=1S/C14H16N2O5S/c1-17-11-4-3-9(5-12(11)18-2)13-15-16-14(21-13)22-7-10-6-19-8-20-10/h3-5,10H,6-8H2,1-2H3. The van der Waals surface area contributed by atoms with Gasteiger partial charge in [0.05, 0.1) is 26.9 Å². The molecule has 1 atom stereocenters. The number of methoxy groups -OCH3 is 2. The SMILES string of the molecule is COc1ccc(-c2nnc(SCC3COCO3)o2)cc1OC. The molecule has 1 fully saturated rings. The first-order chi connectivity index (χ1) is 10.8. The molecule has 0 spiro atoms. The number of thioether (sulfide) groups is 1. The second kappa shape index (κ2) is 6.99. The monoisotopic (exact) mass is 324 g/mol. The van der Waals surface area contributed by atoms with Gasteiger partial charge in [-0.3, -0.25) is 0 Å². The minimum atomic E-state index is 0.0708. The van der Waals surface area contributed by atoms with Gasteiger partial charge in [0.1, 0.15) is 6.79 Å². The Morgan fingerprint density at radius 2 is 2.09 bits per heavy atom. The molecule has 0 bridgehead atoms. The fraction of sp³-hybridized carbons (Fsp3) is 0.429. The Morgan fingerprint density at radius 1 is 1.23 bits per heavy atom. The first kappa shape index (κ1) is 15.1. The molecule has 0 saturated carbocycles. The molecule has 1 aromatic heterocycles. The number of ether oxygens (including phenoxy) is 4. The summed E-state index contributed by atoms with van der Waals surface area (Å²) in [6, 6.07) is 5.45. The molecule has 2 heterocycles. The number of hydrogen-bond acceptors (Lipinski definition) is 8. The highest BCUT2D eigenvalue weighted by Crippen LogP contribution is 2.32. The fourth-order valence-electron chi connectivity index (χ4n) is 1.99. The quantitative estimate of drug-likeness (QED) is 0.749. The van der Waals surface area contributed by atoms with Crippen molar-refractivity contribution >= 4 is 11.8 Å². The summed E-state index contributed by atoms with van der Waals surface area (Å²) in [5.41, 5.74) is 0.775. The highest BCUT2D eigenvalue weighted by Gasteiger charge is 2.18. The molecule has 1 saturated heterocycles. The number of hydrogen-bond donors (Lipinski definition) is 0. The van der Waals surface area contributed by atoms with Crippen molar-refractivity contribution < 1.29 is 23.4 Å². The topological polar surface area (TPSA) is 75.8 Å². The van der Waals surface area contributed by atoms with E-state index in [9.17, 15) is 0 Å². The molecular formula is C14H16N2O5S. The predicted octanol–water partition coefficient (Wildman–Crippen LogP) is 2.22. The second-order valence-electron chi connectivity index (χ2n) is 4.53. The van der Waals surface area contributed by atoms with E-state index < -0.39 is 0 Å². The molecule has 2 aromatic rings. The lowest BCUT2D eigenvalue weighted by Gasteiger charge is -2.07. The van der Waals surface area contributed by atoms with Gasteiger partial charge in [0.25, 0.3) is 5.22 Å². The van der Waals surface area contributed by atoms with Crippen LogP contribution in [0.5, 0.6) is 11.5 Å². The maximum atomic E-state index is 5.65. The first-order valence-corrected chi connectivity index (χ1v) is 7.66. The van der Waals surface area contributed by atoms with Gasteiger partial charge < -0.3 is 23.4 Å². The smallest absolute Gasteiger partial charge is 0.276 e. The Balaban J connectivity index is 1.70. The number of benzene rings is 1. The van der Waals surface area contributed by atoms with Crippen molar-refractivity contribution in [2.24, 2.45) is 0 Å². The summed E-state index contributed by atoms with van der Waals surface area (Å²) < 4.78 is 26.6. The van der Waals surface area contributed by atoms with Gasteiger partial charge >= 0.3 is 0 Å². The zero-order valence-corrected chi connectivity index (χ0v) is 13.1. The lowest BCUT2D eigenvalue weighted by atomic mass is 10.2. The summed E-state index contributed by atoms with van der Waals surface area (Å²) in [4.78, 5) is 0. The lowest BCUT2D eigenvalue weighted by molar-refractivity contribution is 0.0524. The Morgan fingerprint density at radius 3 is 2.82 bits per heavy atom. The van der Waals surface area contributed by atoms with Crippen LogP contribution in [0.25, 0.3) is 11.5 Å². The molecule has 1 aromatic carbocycles. The molecule has 0 N–H and O–H groups in total. The minimum absolute atomic E-state index is 0.0708. The maximum Gasteiger partial charge on any atom is 0.276 e. The predicted molar refractivity (Wildman–Crippen MR) is 79.3 cm³/mol. The Bertz CT molecular complexity index is 627. The van der Waals surface area contributed by atoms with Crippen molar-refractivity contribution in [2.75, 3.05) is 33.4 Å². The van der Waals surface area contributed by atoms with Gasteiger partial charge in [-0.15, -0.1) is 10.2 Å². The van der Waals surface area contributed by atoms with E-state index in [1.807, 2.05) is 6.07 Å². The van der Waals surface area contributed by atoms with Crippen LogP contribution in [-0.4, -0.2) is 49.7 Å². The molecule has 7 nitrogen and oxygen atoms in total. The van der Waals surface area contributed by atoms with Gasteiger partial charge in [0, 0.05) is 11.3 Å². The van der Waals surface area contributed by atoms with Crippen molar-refractivity contribution in [3.05, 3.63) is 18.2 Å². The molecule has 1 aliphatic rings. The molecular weight excluding hydrogens is 308 g/mol. The van der Waals surface area contributed by atoms with Crippen molar-refractivity contribution in [2.45, 2.75) is 11.3 Å². The summed E-state index contributed by atoms with van der Waals surface area (Å²) >= 11 is 1.45. The van der Waals surface area contributed by atoms with Crippen molar-refractivity contribution in [3.8, 4) is 23.0 Å². The summed E-state index contributed by atoms with van der Waals surface area (Å²) in [6.07, 6.45) is 0.0708. The van der Waals surface area contributed by atoms with Gasteiger partial charge in [-0.1, -0.05) is 11.8 Å². The zero-order chi connectivity index (χ0) is 15.4. The number of rotatable bonds is 6. The molecule has 0 radical (unpaired) electrons. The van der Waals surface area contributed by atoms with Gasteiger partial charge in [0.15, 0.2) is 11.5 Å². The van der Waals surface area contributed by atoms with E-state index in [1.165, 1.54) is 11.8 Å². The van der Waals surface area contributed by atoms with Gasteiger partial charge in [0.2, 0.25) is 5.89 Å². The molecule has 1 aliphatic heterocycles. The minimum Gasteiger partial charge on any atom is -0.493 e. The van der Waals surface area contributed by atoms with Crippen LogP contribution in [0.2, 0.25) is 0 Å². The lowest BCUT2D eigenvalue weighted by Crippen LogP contribution is -2.12. The normalized spacial score (nSPS) is 17.6. The third-order valence-electron chi connectivity index (χ3n) is 3.12. The fourth-order valence-corrected chi connectivity index (χ4v) is 2.74. The highest BCUT2D eigenvalue weighted by atomic mass is 32.2. The van der Waals surface area contributed by atoms with E-state index in [1.54, 1.807) is 26.4 Å². The Hall–Kier alpha value is -1.77. The third-order valence-corrected chi connectivity index (χ3v) is 4.07. The van der Waals surface area contributed by atoms with Crippen LogP contribution in [0.1, 0.15) is 0 Å². The molecule has 118 valence electrons. The van der Waals surface area contributed by atoms with Crippen molar-refractivity contribution in [1.82, 2.24) is 10.2 Å². The summed E-state index contributed by atoms with van der Waals surface area (Å²) in [5.74, 6) is 2.42. The molecule has 8 heteroatoms. The Labute approximate surface area is 131 Å². The molecule has 22 heavy (non-hydrogen) atoms. The van der Waals surface area contributed by atoms with E-state index in [0.29, 0.717) is 41.8 Å². The van der Waals surface area contributed by atoms with Crippen molar-refractivity contribution in [1.29, 1.82) is 0 Å². The van der Waals surface area contributed by atoms with Crippen LogP contribution < -0.4 is 9.47 Å². The summed E-state index contributed by atoms with van der Waals surface area (Å²) in [7, 11) is 3.17. The van der Waals surface area contributed by atoms with Crippen LogP contribution in [0.4, 0.5) is 0 Å². The summed E-state index contributed by atoms with van der Waals surface area (Å²) in [6.45, 7) is 0.954. The zero-order valence-electron chi connectivity index (χ0n) is 12.3. The number of aromatic nitrogens is 2. The molecule has 1 unspecified atom stereocenters. The van der Waals surface area contributed by atoms with Gasteiger partial charge in [-0.25, -0.2) is 0 Å². The molecule has 0 amide bonds. The van der Waals surface area contributed by atoms with Gasteiger partial charge in [-0.2, -0.15) is 0 Å². The van der Waals surface area contributed by atoms with Crippen LogP contribution >= 0.6 is 11.8 Å². The molecule has 3 rings (SSSR count). The second-order valence-corrected chi connectivity index (χ2v) is 5.50. The van der Waals surface area contributed by atoms with Gasteiger partial charge in [-0.05, 0) is 18.2 Å². The van der Waals surface area contributed by atoms with E-state index >= 15 is 0 Å². The maximum absolute atomic E-state index is 5.65. The Kier molecular flexibility index (Phi) is 4.81. The van der Waals surface area contributed by atoms with Crippen molar-refractivity contribution in [3.63, 3.8) is 0 Å². The van der Waals surface area contributed by atoms with E-state index in [2.05, 4.69) is 10.2 Å². The molecule has 0 aliphatic carbocycles. The first-order valence-electron chi connectivity index (χ1n) is 6.68. The van der Waals surface area contributed by atoms with Crippen LogP contribution in [0.3, 0.4) is 0 Å². The average Bonchev–Trinajstić information content (AvgIpc) is 3.23. The largest absolute Gasteiger partial charge is 0.493 e. The average molecular weight is 324 g/mol. The van der Waals surface area contributed by atoms with E-state index in [4.69, 9.17) is 23.4 Å². The van der Waals surface area contributed by atoms with Crippen LogP contribution in [0, 0.1) is 0 Å². The van der Waals surface area contributed by atoms with E-state index in [-0.39, 0.29) is 6.10 Å². The summed E-state index contributed by atoms with van der Waals surface area (Å²) in [5, 5.41) is 8.59. The third kappa shape index (κ3) is 3.34. The van der Waals surface area contributed by atoms with E-state index in [0.717, 1.165) is 5.56 Å². The highest BCUT2D eigenvalue weighted by molar-refractivity contribution is 7.99. The van der Waals surface area contributed by atoms with Crippen LogP contribution in [-0.2, 0) is 9.47 Å².